The quantitative estimate of drug-likeness (QED) is 0.925. The van der Waals surface area contributed by atoms with Gasteiger partial charge in [0, 0.05) is 18.5 Å². The fraction of sp³-hybridized carbons (Fsp3) is 0.474. The molecule has 3 aliphatic rings. The van der Waals surface area contributed by atoms with Gasteiger partial charge < -0.3 is 15.0 Å². The van der Waals surface area contributed by atoms with Crippen LogP contribution in [0.5, 0.6) is 0 Å². The summed E-state index contributed by atoms with van der Waals surface area (Å²) in [6.07, 6.45) is 11.8. The van der Waals surface area contributed by atoms with E-state index in [0.29, 0.717) is 17.7 Å². The lowest BCUT2D eigenvalue weighted by Gasteiger charge is -2.37. The van der Waals surface area contributed by atoms with E-state index in [1.54, 1.807) is 0 Å². The average Bonchev–Trinajstić information content (AvgIpc) is 3.02. The summed E-state index contributed by atoms with van der Waals surface area (Å²) in [5.41, 5.74) is 2.57. The predicted octanol–water partition coefficient (Wildman–Crippen LogP) is 2.91. The van der Waals surface area contributed by atoms with Crippen molar-refractivity contribution in [2.24, 2.45) is 5.41 Å². The second-order valence-electron chi connectivity index (χ2n) is 7.05. The van der Waals surface area contributed by atoms with Crippen LogP contribution in [-0.2, 0) is 9.53 Å². The molecule has 2 fully saturated rings. The molecule has 3 heterocycles. The maximum absolute atomic E-state index is 12.1. The first kappa shape index (κ1) is 15.4. The van der Waals surface area contributed by atoms with Crippen LogP contribution >= 0.6 is 0 Å². The van der Waals surface area contributed by atoms with E-state index in [4.69, 9.17) is 4.74 Å². The number of rotatable bonds is 4. The summed E-state index contributed by atoms with van der Waals surface area (Å²) in [5, 5.41) is 2.88. The number of anilines is 2. The van der Waals surface area contributed by atoms with Crippen molar-refractivity contribution in [1.82, 2.24) is 4.98 Å². The van der Waals surface area contributed by atoms with Gasteiger partial charge in [-0.3, -0.25) is 4.79 Å². The van der Waals surface area contributed by atoms with E-state index in [2.05, 4.69) is 27.4 Å². The molecule has 0 saturated carbocycles. The molecule has 0 radical (unpaired) electrons. The molecule has 1 amide bonds. The van der Waals surface area contributed by atoms with E-state index < -0.39 is 0 Å². The predicted molar refractivity (Wildman–Crippen MR) is 94.0 cm³/mol. The van der Waals surface area contributed by atoms with Crippen molar-refractivity contribution in [3.05, 3.63) is 42.1 Å². The van der Waals surface area contributed by atoms with E-state index in [0.717, 1.165) is 50.4 Å². The topological polar surface area (TPSA) is 54.5 Å². The van der Waals surface area contributed by atoms with Gasteiger partial charge in [-0.05, 0) is 37.0 Å². The number of carbonyl (C=O) groups is 1. The molecule has 5 nitrogen and oxygen atoms in total. The summed E-state index contributed by atoms with van der Waals surface area (Å²) >= 11 is 0. The summed E-state index contributed by atoms with van der Waals surface area (Å²) < 4.78 is 5.37. The van der Waals surface area contributed by atoms with Crippen LogP contribution in [0.25, 0.3) is 0 Å². The van der Waals surface area contributed by atoms with Crippen molar-refractivity contribution in [2.75, 3.05) is 36.5 Å². The summed E-state index contributed by atoms with van der Waals surface area (Å²) in [7, 11) is 0. The van der Waals surface area contributed by atoms with Crippen LogP contribution in [-0.4, -0.2) is 37.2 Å². The molecule has 5 heteroatoms. The molecule has 1 aromatic heterocycles. The van der Waals surface area contributed by atoms with Gasteiger partial charge in [0.25, 0.3) is 0 Å². The van der Waals surface area contributed by atoms with Crippen molar-refractivity contribution in [3.8, 4) is 0 Å². The summed E-state index contributed by atoms with van der Waals surface area (Å²) in [4.78, 5) is 18.9. The minimum Gasteiger partial charge on any atom is -0.380 e. The molecular weight excluding hydrogens is 302 g/mol. The smallest absolute Gasteiger partial charge is 0.229 e. The molecule has 1 spiro atoms. The molecule has 24 heavy (non-hydrogen) atoms. The van der Waals surface area contributed by atoms with Gasteiger partial charge in [-0.2, -0.15) is 0 Å². The van der Waals surface area contributed by atoms with Crippen LogP contribution in [0.2, 0.25) is 0 Å². The third-order valence-electron chi connectivity index (χ3n) is 5.07. The number of pyridine rings is 1. The first-order valence-corrected chi connectivity index (χ1v) is 8.67. The Morgan fingerprint density at radius 1 is 1.33 bits per heavy atom. The fourth-order valence-corrected chi connectivity index (χ4v) is 3.60. The van der Waals surface area contributed by atoms with Gasteiger partial charge in [-0.1, -0.05) is 18.2 Å². The van der Waals surface area contributed by atoms with Crippen LogP contribution in [0.4, 0.5) is 11.5 Å². The molecule has 0 aromatic carbocycles. The molecule has 0 unspecified atom stereocenters. The van der Waals surface area contributed by atoms with E-state index in [1.165, 1.54) is 6.42 Å². The van der Waals surface area contributed by atoms with Crippen LogP contribution in [0.3, 0.4) is 0 Å². The number of carbonyl (C=O) groups excluding carboxylic acids is 1. The minimum absolute atomic E-state index is 0.0141. The Morgan fingerprint density at radius 3 is 2.88 bits per heavy atom. The Morgan fingerprint density at radius 2 is 2.25 bits per heavy atom. The van der Waals surface area contributed by atoms with Crippen LogP contribution in [0.1, 0.15) is 25.7 Å². The Labute approximate surface area is 142 Å². The van der Waals surface area contributed by atoms with Crippen molar-refractivity contribution in [3.63, 3.8) is 0 Å². The van der Waals surface area contributed by atoms with E-state index in [-0.39, 0.29) is 5.91 Å². The average molecular weight is 325 g/mol. The molecular formula is C19H23N3O2. The first-order valence-electron chi connectivity index (χ1n) is 8.67. The van der Waals surface area contributed by atoms with E-state index in [1.807, 2.05) is 24.4 Å². The lowest BCUT2D eigenvalue weighted by Crippen LogP contribution is -2.44. The minimum atomic E-state index is -0.0141. The fourth-order valence-electron chi connectivity index (χ4n) is 3.60. The number of hydrogen-bond donors (Lipinski definition) is 1. The lowest BCUT2D eigenvalue weighted by atomic mass is 9.85. The maximum atomic E-state index is 12.1. The Hall–Kier alpha value is -2.14. The highest BCUT2D eigenvalue weighted by molar-refractivity contribution is 5.91. The molecule has 1 aromatic rings. The van der Waals surface area contributed by atoms with Gasteiger partial charge in [-0.15, -0.1) is 0 Å². The molecule has 1 N–H and O–H groups in total. The van der Waals surface area contributed by atoms with Gasteiger partial charge in [0.05, 0.1) is 31.5 Å². The second-order valence-corrected chi connectivity index (χ2v) is 7.05. The normalized spacial score (nSPS) is 21.5. The molecule has 2 aliphatic heterocycles. The highest BCUT2D eigenvalue weighted by Crippen LogP contribution is 2.39. The molecule has 0 bridgehead atoms. The lowest BCUT2D eigenvalue weighted by molar-refractivity contribution is -0.115. The second kappa shape index (κ2) is 6.40. The van der Waals surface area contributed by atoms with Gasteiger partial charge in [0.15, 0.2) is 0 Å². The zero-order chi connectivity index (χ0) is 16.4. The van der Waals surface area contributed by atoms with Crippen molar-refractivity contribution in [1.29, 1.82) is 0 Å². The van der Waals surface area contributed by atoms with Gasteiger partial charge in [-0.25, -0.2) is 4.98 Å². The molecule has 2 saturated heterocycles. The Bertz CT molecular complexity index is 674. The number of nitrogens with one attached hydrogen (secondary N) is 1. The van der Waals surface area contributed by atoms with E-state index >= 15 is 0 Å². The highest BCUT2D eigenvalue weighted by Gasteiger charge is 2.44. The summed E-state index contributed by atoms with van der Waals surface area (Å²) in [6.45, 7) is 3.86. The highest BCUT2D eigenvalue weighted by atomic mass is 16.5. The SMILES string of the molecule is O=C(CC1=CCCC=C1)Nc1ccc(N2CCC3(COC3)C2)cn1. The Kier molecular flexibility index (Phi) is 4.10. The number of hydrogen-bond acceptors (Lipinski definition) is 4. The monoisotopic (exact) mass is 325 g/mol. The number of ether oxygens (including phenoxy) is 1. The van der Waals surface area contributed by atoms with Crippen molar-refractivity contribution < 1.29 is 9.53 Å². The summed E-state index contributed by atoms with van der Waals surface area (Å²) in [6, 6.07) is 3.93. The van der Waals surface area contributed by atoms with Gasteiger partial charge in [0.1, 0.15) is 5.82 Å². The van der Waals surface area contributed by atoms with Crippen LogP contribution in [0.15, 0.2) is 42.1 Å². The largest absolute Gasteiger partial charge is 0.380 e. The van der Waals surface area contributed by atoms with Crippen molar-refractivity contribution >= 4 is 17.4 Å². The summed E-state index contributed by atoms with van der Waals surface area (Å²) in [5.74, 6) is 0.602. The number of aromatic nitrogens is 1. The molecule has 1 aliphatic carbocycles. The third-order valence-corrected chi connectivity index (χ3v) is 5.07. The zero-order valence-electron chi connectivity index (χ0n) is 13.8. The van der Waals surface area contributed by atoms with Gasteiger partial charge in [0.2, 0.25) is 5.91 Å². The third kappa shape index (κ3) is 3.22. The maximum Gasteiger partial charge on any atom is 0.229 e. The zero-order valence-corrected chi connectivity index (χ0v) is 13.8. The molecule has 126 valence electrons. The van der Waals surface area contributed by atoms with E-state index in [9.17, 15) is 4.79 Å². The van der Waals surface area contributed by atoms with Crippen LogP contribution in [0, 0.1) is 5.41 Å². The van der Waals surface area contributed by atoms with Gasteiger partial charge >= 0.3 is 0 Å². The number of nitrogens with zero attached hydrogens (tertiary/aromatic N) is 2. The molecule has 0 atom stereocenters. The number of amides is 1. The number of allylic oxidation sites excluding steroid dienone is 3. The first-order chi connectivity index (χ1) is 11.7. The standard InChI is InChI=1S/C19H23N3O2/c23-18(10-15-4-2-1-3-5-15)21-17-7-6-16(11-20-17)22-9-8-19(12-22)13-24-14-19/h2,4-7,11H,1,3,8-10,12-14H2,(H,20,21,23). The van der Waals surface area contributed by atoms with Crippen LogP contribution < -0.4 is 10.2 Å². The Balaban J connectivity index is 1.33. The van der Waals surface area contributed by atoms with Crippen molar-refractivity contribution in [2.45, 2.75) is 25.7 Å². The molecule has 4 rings (SSSR count).